The highest BCUT2D eigenvalue weighted by Crippen LogP contribution is 2.35. The molecule has 0 N–H and O–H groups in total. The van der Waals surface area contributed by atoms with E-state index in [1.165, 1.54) is 12.7 Å². The fraction of sp³-hybridized carbons (Fsp3) is 0.524. The van der Waals surface area contributed by atoms with Crippen molar-refractivity contribution in [2.45, 2.75) is 44.7 Å². The standard InChI is InChI=1S/C21H24F2N6O2/c22-18(23)11-29-13-24-17-10-15(4-5-16(17)21(29)30)28-8-6-27(7-9-28)12-19-25-20(31-26-19)14-2-1-3-14/h4-5,10,13-14,18H,1-3,6-9,11-12H2. The second kappa shape index (κ2) is 8.33. The van der Waals surface area contributed by atoms with Crippen LogP contribution in [-0.2, 0) is 13.1 Å². The van der Waals surface area contributed by atoms with Gasteiger partial charge >= 0.3 is 0 Å². The molecule has 1 saturated heterocycles. The second-order valence-corrected chi connectivity index (χ2v) is 8.23. The molecule has 8 nitrogen and oxygen atoms in total. The van der Waals surface area contributed by atoms with Crippen LogP contribution in [0.15, 0.2) is 33.8 Å². The van der Waals surface area contributed by atoms with Gasteiger partial charge in [-0.2, -0.15) is 4.98 Å². The molecular weight excluding hydrogens is 406 g/mol. The minimum atomic E-state index is -2.59. The van der Waals surface area contributed by atoms with E-state index < -0.39 is 18.5 Å². The summed E-state index contributed by atoms with van der Waals surface area (Å²) in [4.78, 5) is 25.7. The van der Waals surface area contributed by atoms with E-state index >= 15 is 0 Å². The van der Waals surface area contributed by atoms with E-state index in [1.54, 1.807) is 6.07 Å². The van der Waals surface area contributed by atoms with Gasteiger partial charge in [0.1, 0.15) is 0 Å². The summed E-state index contributed by atoms with van der Waals surface area (Å²) in [6.45, 7) is 3.38. The van der Waals surface area contributed by atoms with Gasteiger partial charge in [0.25, 0.3) is 12.0 Å². The van der Waals surface area contributed by atoms with Crippen molar-refractivity contribution in [1.82, 2.24) is 24.6 Å². The summed E-state index contributed by atoms with van der Waals surface area (Å²) in [7, 11) is 0. The van der Waals surface area contributed by atoms with Crippen molar-refractivity contribution in [1.29, 1.82) is 0 Å². The van der Waals surface area contributed by atoms with Gasteiger partial charge in [0.2, 0.25) is 5.89 Å². The molecule has 3 aromatic rings. The predicted molar refractivity (Wildman–Crippen MR) is 110 cm³/mol. The number of rotatable bonds is 6. The molecule has 5 rings (SSSR count). The van der Waals surface area contributed by atoms with E-state index in [9.17, 15) is 13.6 Å². The van der Waals surface area contributed by atoms with E-state index in [0.29, 0.717) is 23.4 Å². The lowest BCUT2D eigenvalue weighted by atomic mass is 9.85. The van der Waals surface area contributed by atoms with E-state index in [1.807, 2.05) is 12.1 Å². The number of piperazine rings is 1. The lowest BCUT2D eigenvalue weighted by Crippen LogP contribution is -2.46. The smallest absolute Gasteiger partial charge is 0.261 e. The average Bonchev–Trinajstić information content (AvgIpc) is 3.16. The molecule has 0 atom stereocenters. The second-order valence-electron chi connectivity index (χ2n) is 8.23. The number of hydrogen-bond donors (Lipinski definition) is 0. The lowest BCUT2D eigenvalue weighted by molar-refractivity contribution is 0.125. The molecule has 31 heavy (non-hydrogen) atoms. The molecule has 10 heteroatoms. The number of benzene rings is 1. The Bertz CT molecular complexity index is 1120. The first-order chi connectivity index (χ1) is 15.1. The molecule has 0 radical (unpaired) electrons. The Morgan fingerprint density at radius 1 is 1.16 bits per heavy atom. The van der Waals surface area contributed by atoms with Gasteiger partial charge in [-0.1, -0.05) is 11.6 Å². The Morgan fingerprint density at radius 3 is 2.68 bits per heavy atom. The van der Waals surface area contributed by atoms with Crippen molar-refractivity contribution in [2.75, 3.05) is 31.1 Å². The number of nitrogens with zero attached hydrogens (tertiary/aromatic N) is 6. The topological polar surface area (TPSA) is 80.3 Å². The van der Waals surface area contributed by atoms with Gasteiger partial charge in [-0.05, 0) is 31.0 Å². The van der Waals surface area contributed by atoms with Crippen molar-refractivity contribution >= 4 is 16.6 Å². The highest BCUT2D eigenvalue weighted by atomic mass is 19.3. The number of anilines is 1. The van der Waals surface area contributed by atoms with Gasteiger partial charge in [-0.25, -0.2) is 13.8 Å². The highest BCUT2D eigenvalue weighted by molar-refractivity contribution is 5.81. The molecule has 0 unspecified atom stereocenters. The van der Waals surface area contributed by atoms with Crippen LogP contribution in [-0.4, -0.2) is 57.2 Å². The monoisotopic (exact) mass is 430 g/mol. The zero-order chi connectivity index (χ0) is 21.4. The molecule has 1 aliphatic heterocycles. The number of fused-ring (bicyclic) bond motifs is 1. The van der Waals surface area contributed by atoms with Gasteiger partial charge in [0.15, 0.2) is 5.82 Å². The van der Waals surface area contributed by atoms with Crippen LogP contribution in [0, 0.1) is 0 Å². The van der Waals surface area contributed by atoms with Crippen LogP contribution < -0.4 is 10.5 Å². The summed E-state index contributed by atoms with van der Waals surface area (Å²) in [6.07, 6.45) is 2.12. The fourth-order valence-electron chi connectivity index (χ4n) is 4.14. The molecule has 1 aromatic carbocycles. The third kappa shape index (κ3) is 4.16. The summed E-state index contributed by atoms with van der Waals surface area (Å²) < 4.78 is 31.6. The van der Waals surface area contributed by atoms with Gasteiger partial charge in [-0.15, -0.1) is 0 Å². The molecule has 1 saturated carbocycles. The largest absolute Gasteiger partial charge is 0.369 e. The maximum absolute atomic E-state index is 12.6. The maximum Gasteiger partial charge on any atom is 0.261 e. The number of aromatic nitrogens is 4. The Balaban J connectivity index is 1.22. The quantitative estimate of drug-likeness (QED) is 0.595. The van der Waals surface area contributed by atoms with E-state index in [-0.39, 0.29) is 0 Å². The summed E-state index contributed by atoms with van der Waals surface area (Å²) in [6, 6.07) is 5.39. The van der Waals surface area contributed by atoms with Crippen LogP contribution in [0.4, 0.5) is 14.5 Å². The predicted octanol–water partition coefficient (Wildman–Crippen LogP) is 2.63. The molecule has 0 bridgehead atoms. The highest BCUT2D eigenvalue weighted by Gasteiger charge is 2.26. The van der Waals surface area contributed by atoms with Crippen LogP contribution >= 0.6 is 0 Å². The molecule has 2 fully saturated rings. The van der Waals surface area contributed by atoms with Crippen LogP contribution in [0.25, 0.3) is 10.9 Å². The van der Waals surface area contributed by atoms with Crippen molar-refractivity contribution in [3.05, 3.63) is 46.6 Å². The Morgan fingerprint density at radius 2 is 1.97 bits per heavy atom. The van der Waals surface area contributed by atoms with E-state index in [4.69, 9.17) is 4.52 Å². The van der Waals surface area contributed by atoms with Gasteiger partial charge < -0.3 is 9.42 Å². The van der Waals surface area contributed by atoms with Gasteiger partial charge in [0.05, 0.1) is 30.3 Å². The zero-order valence-corrected chi connectivity index (χ0v) is 17.1. The molecule has 2 aliphatic rings. The SMILES string of the molecule is O=c1c2ccc(N3CCN(Cc4noc(C5CCC5)n4)CC3)cc2ncn1CC(F)F. The first-order valence-corrected chi connectivity index (χ1v) is 10.6. The fourth-order valence-corrected chi connectivity index (χ4v) is 4.14. The minimum absolute atomic E-state index is 0.352. The molecule has 3 heterocycles. The average molecular weight is 430 g/mol. The number of hydrogen-bond acceptors (Lipinski definition) is 7. The third-order valence-electron chi connectivity index (χ3n) is 6.18. The number of alkyl halides is 2. The first-order valence-electron chi connectivity index (χ1n) is 10.6. The summed E-state index contributed by atoms with van der Waals surface area (Å²) in [5, 5.41) is 4.48. The van der Waals surface area contributed by atoms with Crippen LogP contribution in [0.1, 0.15) is 36.9 Å². The lowest BCUT2D eigenvalue weighted by Gasteiger charge is -2.35. The maximum atomic E-state index is 12.6. The van der Waals surface area contributed by atoms with Crippen molar-refractivity contribution < 1.29 is 13.3 Å². The molecular formula is C21H24F2N6O2. The van der Waals surface area contributed by atoms with Crippen molar-refractivity contribution in [2.24, 2.45) is 0 Å². The third-order valence-corrected chi connectivity index (χ3v) is 6.18. The Labute approximate surface area is 177 Å². The van der Waals surface area contributed by atoms with Gasteiger partial charge in [0, 0.05) is 37.8 Å². The summed E-state index contributed by atoms with van der Waals surface area (Å²) >= 11 is 0. The molecule has 0 spiro atoms. The van der Waals surface area contributed by atoms with Crippen LogP contribution in [0.2, 0.25) is 0 Å². The molecule has 164 valence electrons. The van der Waals surface area contributed by atoms with Gasteiger partial charge in [-0.3, -0.25) is 14.3 Å². The van der Waals surface area contributed by atoms with Crippen molar-refractivity contribution in [3.8, 4) is 0 Å². The van der Waals surface area contributed by atoms with E-state index in [0.717, 1.165) is 61.0 Å². The molecule has 2 aromatic heterocycles. The Hall–Kier alpha value is -2.88. The first kappa shape index (κ1) is 20.0. The van der Waals surface area contributed by atoms with Crippen LogP contribution in [0.3, 0.4) is 0 Å². The normalized spacial score (nSPS) is 18.1. The van der Waals surface area contributed by atoms with E-state index in [2.05, 4.69) is 24.9 Å². The molecule has 1 aliphatic carbocycles. The summed E-state index contributed by atoms with van der Waals surface area (Å²) in [5.41, 5.74) is 1.05. The van der Waals surface area contributed by atoms with Crippen molar-refractivity contribution in [3.63, 3.8) is 0 Å². The minimum Gasteiger partial charge on any atom is -0.369 e. The molecule has 0 amide bonds. The van der Waals surface area contributed by atoms with Crippen LogP contribution in [0.5, 0.6) is 0 Å². The summed E-state index contributed by atoms with van der Waals surface area (Å²) in [5.74, 6) is 1.96. The Kier molecular flexibility index (Phi) is 5.39. The zero-order valence-electron chi connectivity index (χ0n) is 17.1. The number of halogens is 2.